The van der Waals surface area contributed by atoms with Gasteiger partial charge in [0.2, 0.25) is 5.91 Å². The largest absolute Gasteiger partial charge is 0.343 e. The van der Waals surface area contributed by atoms with Crippen molar-refractivity contribution in [1.29, 1.82) is 0 Å². The molecule has 0 radical (unpaired) electrons. The summed E-state index contributed by atoms with van der Waals surface area (Å²) in [5.74, 6) is 0.691. The SMILES string of the molecule is Cc1cccc(CC(=O)N2CCn3c(n[nH]c3=O)C2)c1. The summed E-state index contributed by atoms with van der Waals surface area (Å²) < 4.78 is 1.58. The number of aromatic nitrogens is 3. The molecule has 20 heavy (non-hydrogen) atoms. The van der Waals surface area contributed by atoms with E-state index in [4.69, 9.17) is 0 Å². The Morgan fingerprint density at radius 3 is 3.05 bits per heavy atom. The molecule has 0 saturated heterocycles. The van der Waals surface area contributed by atoms with Crippen molar-refractivity contribution in [2.45, 2.75) is 26.4 Å². The molecule has 1 aliphatic heterocycles. The third-order valence-corrected chi connectivity index (χ3v) is 3.55. The van der Waals surface area contributed by atoms with Crippen LogP contribution in [-0.4, -0.2) is 32.1 Å². The Labute approximate surface area is 116 Å². The van der Waals surface area contributed by atoms with Crippen LogP contribution < -0.4 is 5.69 Å². The number of rotatable bonds is 2. The van der Waals surface area contributed by atoms with E-state index in [0.29, 0.717) is 31.9 Å². The van der Waals surface area contributed by atoms with Crippen LogP contribution in [0.4, 0.5) is 0 Å². The Hall–Kier alpha value is -2.37. The number of nitrogens with zero attached hydrogens (tertiary/aromatic N) is 3. The van der Waals surface area contributed by atoms with Gasteiger partial charge < -0.3 is 4.90 Å². The van der Waals surface area contributed by atoms with Crippen LogP contribution in [0.15, 0.2) is 29.1 Å². The molecule has 0 aliphatic carbocycles. The number of hydrogen-bond acceptors (Lipinski definition) is 3. The number of carbonyl (C=O) groups excluding carboxylic acids is 1. The summed E-state index contributed by atoms with van der Waals surface area (Å²) in [6.07, 6.45) is 0.385. The molecule has 1 aliphatic rings. The Kier molecular flexibility index (Phi) is 3.14. The van der Waals surface area contributed by atoms with Gasteiger partial charge in [-0.25, -0.2) is 9.89 Å². The second-order valence-corrected chi connectivity index (χ2v) is 5.08. The Balaban J connectivity index is 1.72. The molecule has 0 saturated carbocycles. The highest BCUT2D eigenvalue weighted by molar-refractivity contribution is 5.78. The van der Waals surface area contributed by atoms with Crippen molar-refractivity contribution >= 4 is 5.91 Å². The first-order valence-corrected chi connectivity index (χ1v) is 6.61. The smallest absolute Gasteiger partial charge is 0.333 e. The number of benzene rings is 1. The minimum Gasteiger partial charge on any atom is -0.333 e. The molecule has 6 heteroatoms. The second-order valence-electron chi connectivity index (χ2n) is 5.08. The first kappa shape index (κ1) is 12.7. The van der Waals surface area contributed by atoms with Crippen molar-refractivity contribution in [2.24, 2.45) is 0 Å². The van der Waals surface area contributed by atoms with E-state index >= 15 is 0 Å². The van der Waals surface area contributed by atoms with Crippen molar-refractivity contribution in [3.05, 3.63) is 51.7 Å². The monoisotopic (exact) mass is 272 g/mol. The van der Waals surface area contributed by atoms with E-state index in [1.807, 2.05) is 31.2 Å². The van der Waals surface area contributed by atoms with Crippen LogP contribution in [-0.2, 0) is 24.3 Å². The van der Waals surface area contributed by atoms with Gasteiger partial charge in [0, 0.05) is 13.1 Å². The fourth-order valence-electron chi connectivity index (χ4n) is 2.49. The predicted octanol–water partition coefficient (Wildman–Crippen LogP) is 0.465. The highest BCUT2D eigenvalue weighted by atomic mass is 16.2. The lowest BCUT2D eigenvalue weighted by molar-refractivity contribution is -0.132. The molecule has 104 valence electrons. The highest BCUT2D eigenvalue weighted by Crippen LogP contribution is 2.11. The molecular formula is C14H16N4O2. The summed E-state index contributed by atoms with van der Waals surface area (Å²) in [6, 6.07) is 7.95. The zero-order chi connectivity index (χ0) is 14.1. The van der Waals surface area contributed by atoms with Gasteiger partial charge in [-0.3, -0.25) is 9.36 Å². The zero-order valence-corrected chi connectivity index (χ0v) is 11.3. The lowest BCUT2D eigenvalue weighted by Gasteiger charge is -2.26. The maximum absolute atomic E-state index is 12.3. The summed E-state index contributed by atoms with van der Waals surface area (Å²) in [5.41, 5.74) is 1.96. The molecule has 3 rings (SSSR count). The Bertz CT molecular complexity index is 701. The van der Waals surface area contributed by atoms with Crippen molar-refractivity contribution in [3.8, 4) is 0 Å². The lowest BCUT2D eigenvalue weighted by Crippen LogP contribution is -2.41. The highest BCUT2D eigenvalue weighted by Gasteiger charge is 2.23. The van der Waals surface area contributed by atoms with Crippen LogP contribution in [0.2, 0.25) is 0 Å². The lowest BCUT2D eigenvalue weighted by atomic mass is 10.1. The van der Waals surface area contributed by atoms with Crippen LogP contribution in [0.25, 0.3) is 0 Å². The second kappa shape index (κ2) is 4.96. The minimum absolute atomic E-state index is 0.0669. The summed E-state index contributed by atoms with van der Waals surface area (Å²) in [4.78, 5) is 25.5. The quantitative estimate of drug-likeness (QED) is 0.863. The van der Waals surface area contributed by atoms with E-state index in [1.165, 1.54) is 0 Å². The van der Waals surface area contributed by atoms with Crippen LogP contribution in [0.3, 0.4) is 0 Å². The number of aromatic amines is 1. The number of nitrogens with one attached hydrogen (secondary N) is 1. The minimum atomic E-state index is -0.203. The van der Waals surface area contributed by atoms with Gasteiger partial charge in [0.1, 0.15) is 0 Å². The number of hydrogen-bond donors (Lipinski definition) is 1. The molecule has 1 amide bonds. The molecule has 0 fully saturated rings. The van der Waals surface area contributed by atoms with E-state index in [2.05, 4.69) is 10.2 Å². The first-order chi connectivity index (χ1) is 9.63. The van der Waals surface area contributed by atoms with Gasteiger partial charge in [-0.05, 0) is 12.5 Å². The van der Waals surface area contributed by atoms with Crippen LogP contribution in [0.1, 0.15) is 17.0 Å². The third-order valence-electron chi connectivity index (χ3n) is 3.55. The number of carbonyl (C=O) groups is 1. The normalized spacial score (nSPS) is 14.2. The number of aryl methyl sites for hydroxylation is 1. The molecule has 2 aromatic rings. The van der Waals surface area contributed by atoms with Crippen molar-refractivity contribution < 1.29 is 4.79 Å². The molecule has 1 N–H and O–H groups in total. The molecule has 0 bridgehead atoms. The van der Waals surface area contributed by atoms with E-state index in [0.717, 1.165) is 11.1 Å². The predicted molar refractivity (Wildman–Crippen MR) is 73.1 cm³/mol. The molecule has 0 unspecified atom stereocenters. The van der Waals surface area contributed by atoms with Gasteiger partial charge >= 0.3 is 5.69 Å². The number of fused-ring (bicyclic) bond motifs is 1. The standard InChI is InChI=1S/C14H16N4O2/c1-10-3-2-4-11(7-10)8-13(19)17-5-6-18-12(9-17)15-16-14(18)20/h2-4,7H,5-6,8-9H2,1H3,(H,16,20). The third kappa shape index (κ3) is 2.36. The van der Waals surface area contributed by atoms with Crippen molar-refractivity contribution in [2.75, 3.05) is 6.54 Å². The zero-order valence-electron chi connectivity index (χ0n) is 11.3. The first-order valence-electron chi connectivity index (χ1n) is 6.61. The molecule has 1 aromatic heterocycles. The van der Waals surface area contributed by atoms with Crippen LogP contribution in [0, 0.1) is 6.92 Å². The average molecular weight is 272 g/mol. The summed E-state index contributed by atoms with van der Waals surface area (Å²) in [5, 5.41) is 6.36. The summed E-state index contributed by atoms with van der Waals surface area (Å²) in [7, 11) is 0. The molecule has 0 spiro atoms. The summed E-state index contributed by atoms with van der Waals surface area (Å²) >= 11 is 0. The van der Waals surface area contributed by atoms with Gasteiger partial charge in [0.25, 0.3) is 0 Å². The number of amides is 1. The average Bonchev–Trinajstić information content (AvgIpc) is 2.80. The van der Waals surface area contributed by atoms with Gasteiger partial charge in [-0.1, -0.05) is 29.8 Å². The Morgan fingerprint density at radius 1 is 1.40 bits per heavy atom. The van der Waals surface area contributed by atoms with E-state index in [-0.39, 0.29) is 11.6 Å². The maximum atomic E-state index is 12.3. The Morgan fingerprint density at radius 2 is 2.25 bits per heavy atom. The van der Waals surface area contributed by atoms with Gasteiger partial charge in [-0.15, -0.1) is 0 Å². The molecule has 2 heterocycles. The van der Waals surface area contributed by atoms with Gasteiger partial charge in [0.05, 0.1) is 13.0 Å². The van der Waals surface area contributed by atoms with Crippen LogP contribution >= 0.6 is 0 Å². The van der Waals surface area contributed by atoms with E-state index in [9.17, 15) is 9.59 Å². The van der Waals surface area contributed by atoms with Crippen LogP contribution in [0.5, 0.6) is 0 Å². The van der Waals surface area contributed by atoms with Crippen molar-refractivity contribution in [3.63, 3.8) is 0 Å². The fraction of sp³-hybridized carbons (Fsp3) is 0.357. The fourth-order valence-corrected chi connectivity index (χ4v) is 2.49. The summed E-state index contributed by atoms with van der Waals surface area (Å²) in [6.45, 7) is 3.46. The topological polar surface area (TPSA) is 71.0 Å². The van der Waals surface area contributed by atoms with Gasteiger partial charge in [0.15, 0.2) is 5.82 Å². The van der Waals surface area contributed by atoms with Gasteiger partial charge in [-0.2, -0.15) is 5.10 Å². The maximum Gasteiger partial charge on any atom is 0.343 e. The molecule has 6 nitrogen and oxygen atoms in total. The van der Waals surface area contributed by atoms with Crippen molar-refractivity contribution in [1.82, 2.24) is 19.7 Å². The number of H-pyrrole nitrogens is 1. The van der Waals surface area contributed by atoms with E-state index < -0.39 is 0 Å². The molecule has 0 atom stereocenters. The molecule has 1 aromatic carbocycles. The van der Waals surface area contributed by atoms with E-state index in [1.54, 1.807) is 9.47 Å². The molecular weight excluding hydrogens is 256 g/mol.